The minimum Gasteiger partial charge on any atom is -0.507 e. The van der Waals surface area contributed by atoms with E-state index < -0.39 is 0 Å². The fourth-order valence-corrected chi connectivity index (χ4v) is 2.57. The fraction of sp³-hybridized carbons (Fsp3) is 0.400. The van der Waals surface area contributed by atoms with E-state index in [1.807, 2.05) is 20.8 Å². The van der Waals surface area contributed by atoms with E-state index in [0.29, 0.717) is 18.1 Å². The Morgan fingerprint density at radius 2 is 2.00 bits per heavy atom. The molecule has 0 bridgehead atoms. The molecule has 3 N–H and O–H groups in total. The molecular weight excluding hydrogens is 290 g/mol. The minimum atomic E-state index is 0.0246. The number of aromatic nitrogens is 2. The molecule has 1 heterocycles. The van der Waals surface area contributed by atoms with Crippen molar-refractivity contribution in [1.82, 2.24) is 9.78 Å². The zero-order valence-corrected chi connectivity index (χ0v) is 13.2. The van der Waals surface area contributed by atoms with Crippen molar-refractivity contribution in [1.29, 1.82) is 0 Å². The van der Waals surface area contributed by atoms with Crippen molar-refractivity contribution in [2.24, 2.45) is 0 Å². The normalized spacial score (nSPS) is 10.9. The van der Waals surface area contributed by atoms with Gasteiger partial charge < -0.3 is 15.5 Å². The van der Waals surface area contributed by atoms with Crippen LogP contribution in [0.4, 0.5) is 5.82 Å². The lowest BCUT2D eigenvalue weighted by Gasteiger charge is -2.12. The molecule has 0 aliphatic rings. The van der Waals surface area contributed by atoms with Gasteiger partial charge in [-0.1, -0.05) is 11.6 Å². The molecule has 0 saturated heterocycles. The summed E-state index contributed by atoms with van der Waals surface area (Å²) < 4.78 is 1.74. The van der Waals surface area contributed by atoms with Crippen LogP contribution in [0, 0.1) is 20.8 Å². The topological polar surface area (TPSA) is 70.3 Å². The van der Waals surface area contributed by atoms with Gasteiger partial charge in [0.1, 0.15) is 11.6 Å². The summed E-state index contributed by atoms with van der Waals surface area (Å²) >= 11 is 6.03. The van der Waals surface area contributed by atoms with Crippen molar-refractivity contribution in [2.45, 2.75) is 33.9 Å². The third kappa shape index (κ3) is 3.31. The molecule has 0 amide bonds. The molecular formula is C15H20ClN3O2. The van der Waals surface area contributed by atoms with Gasteiger partial charge in [0.15, 0.2) is 0 Å². The van der Waals surface area contributed by atoms with Crippen molar-refractivity contribution in [3.05, 3.63) is 39.5 Å². The number of nitrogens with one attached hydrogen (secondary N) is 1. The van der Waals surface area contributed by atoms with Gasteiger partial charge in [-0.05, 0) is 38.5 Å². The van der Waals surface area contributed by atoms with E-state index in [2.05, 4.69) is 10.4 Å². The number of halogens is 1. The van der Waals surface area contributed by atoms with E-state index in [1.165, 1.54) is 0 Å². The average Bonchev–Trinajstić information content (AvgIpc) is 2.68. The summed E-state index contributed by atoms with van der Waals surface area (Å²) in [5, 5.41) is 27.4. The molecule has 114 valence electrons. The van der Waals surface area contributed by atoms with E-state index in [9.17, 15) is 5.11 Å². The van der Waals surface area contributed by atoms with Crippen molar-refractivity contribution in [3.63, 3.8) is 0 Å². The van der Waals surface area contributed by atoms with Crippen LogP contribution < -0.4 is 5.32 Å². The number of anilines is 1. The first-order valence-electron chi connectivity index (χ1n) is 6.80. The summed E-state index contributed by atoms with van der Waals surface area (Å²) in [5.41, 5.74) is 3.42. The number of hydrogen-bond acceptors (Lipinski definition) is 4. The van der Waals surface area contributed by atoms with Gasteiger partial charge in [-0.2, -0.15) is 5.10 Å². The lowest BCUT2D eigenvalue weighted by atomic mass is 10.1. The van der Waals surface area contributed by atoms with Gasteiger partial charge in [-0.25, -0.2) is 4.68 Å². The molecule has 0 unspecified atom stereocenters. The maximum Gasteiger partial charge on any atom is 0.127 e. The first-order chi connectivity index (χ1) is 9.93. The number of aliphatic hydroxyl groups is 1. The van der Waals surface area contributed by atoms with E-state index in [4.69, 9.17) is 16.7 Å². The van der Waals surface area contributed by atoms with Gasteiger partial charge in [0.05, 0.1) is 18.8 Å². The predicted molar refractivity (Wildman–Crippen MR) is 84.0 cm³/mol. The molecule has 6 heteroatoms. The number of nitrogens with zero attached hydrogens (tertiary/aromatic N) is 2. The Bertz CT molecular complexity index is 653. The molecule has 0 atom stereocenters. The molecule has 2 aromatic rings. The van der Waals surface area contributed by atoms with E-state index in [-0.39, 0.29) is 12.4 Å². The highest BCUT2D eigenvalue weighted by atomic mass is 35.5. The van der Waals surface area contributed by atoms with Crippen molar-refractivity contribution < 1.29 is 10.2 Å². The van der Waals surface area contributed by atoms with Gasteiger partial charge >= 0.3 is 0 Å². The van der Waals surface area contributed by atoms with Crippen LogP contribution >= 0.6 is 11.6 Å². The van der Waals surface area contributed by atoms with Crippen LogP contribution in [0.5, 0.6) is 5.75 Å². The zero-order valence-electron chi connectivity index (χ0n) is 12.4. The maximum absolute atomic E-state index is 10.1. The second-order valence-electron chi connectivity index (χ2n) is 5.09. The number of rotatable bonds is 5. The van der Waals surface area contributed by atoms with Gasteiger partial charge in [0, 0.05) is 22.7 Å². The first-order valence-corrected chi connectivity index (χ1v) is 7.18. The van der Waals surface area contributed by atoms with Crippen LogP contribution in [0.15, 0.2) is 12.1 Å². The predicted octanol–water partition coefficient (Wildman–Crippen LogP) is 2.77. The summed E-state index contributed by atoms with van der Waals surface area (Å²) in [7, 11) is 0. The Kier molecular flexibility index (Phi) is 4.75. The molecule has 1 aromatic heterocycles. The molecule has 0 radical (unpaired) electrons. The maximum atomic E-state index is 10.1. The quantitative estimate of drug-likeness (QED) is 0.794. The average molecular weight is 310 g/mol. The van der Waals surface area contributed by atoms with Crippen LogP contribution in [0.3, 0.4) is 0 Å². The summed E-state index contributed by atoms with van der Waals surface area (Å²) in [6.07, 6.45) is 0. The number of phenolic OH excluding ortho intramolecular Hbond substituents is 1. The van der Waals surface area contributed by atoms with Crippen molar-refractivity contribution in [2.75, 3.05) is 11.9 Å². The van der Waals surface area contributed by atoms with E-state index in [1.54, 1.807) is 16.8 Å². The number of benzene rings is 1. The first kappa shape index (κ1) is 15.7. The Morgan fingerprint density at radius 1 is 1.29 bits per heavy atom. The Hall–Kier alpha value is -1.72. The van der Waals surface area contributed by atoms with Crippen molar-refractivity contribution >= 4 is 17.4 Å². The largest absolute Gasteiger partial charge is 0.507 e. The number of aryl methyl sites for hydroxylation is 2. The summed E-state index contributed by atoms with van der Waals surface area (Å²) in [6, 6.07) is 3.47. The monoisotopic (exact) mass is 309 g/mol. The van der Waals surface area contributed by atoms with Gasteiger partial charge in [-0.3, -0.25) is 0 Å². The van der Waals surface area contributed by atoms with E-state index >= 15 is 0 Å². The van der Waals surface area contributed by atoms with Crippen LogP contribution in [0.2, 0.25) is 5.02 Å². The molecule has 21 heavy (non-hydrogen) atoms. The second kappa shape index (κ2) is 6.37. The number of aliphatic hydroxyl groups excluding tert-OH is 1. The standard InChI is InChI=1S/C15H20ClN3O2/c1-9-6-13(16)7-12(14(9)21)8-17-15-10(2)11(3)18-19(15)4-5-20/h6-7,17,20-21H,4-5,8H2,1-3H3. The summed E-state index contributed by atoms with van der Waals surface area (Å²) in [4.78, 5) is 0. The lowest BCUT2D eigenvalue weighted by molar-refractivity contribution is 0.270. The highest BCUT2D eigenvalue weighted by molar-refractivity contribution is 6.30. The minimum absolute atomic E-state index is 0.0246. The Morgan fingerprint density at radius 3 is 2.67 bits per heavy atom. The molecule has 1 aromatic carbocycles. The van der Waals surface area contributed by atoms with Crippen LogP contribution in [0.1, 0.15) is 22.4 Å². The smallest absolute Gasteiger partial charge is 0.127 e. The van der Waals surface area contributed by atoms with E-state index in [0.717, 1.165) is 28.2 Å². The molecule has 5 nitrogen and oxygen atoms in total. The fourth-order valence-electron chi connectivity index (χ4n) is 2.27. The molecule has 0 saturated carbocycles. The number of hydrogen-bond donors (Lipinski definition) is 3. The van der Waals surface area contributed by atoms with Crippen LogP contribution in [-0.4, -0.2) is 26.6 Å². The molecule has 0 aliphatic heterocycles. The Labute approximate surface area is 129 Å². The number of phenols is 1. The van der Waals surface area contributed by atoms with Crippen LogP contribution in [-0.2, 0) is 13.1 Å². The van der Waals surface area contributed by atoms with Crippen LogP contribution in [0.25, 0.3) is 0 Å². The second-order valence-corrected chi connectivity index (χ2v) is 5.53. The SMILES string of the molecule is Cc1cc(Cl)cc(CNc2c(C)c(C)nn2CCO)c1O. The van der Waals surface area contributed by atoms with Crippen molar-refractivity contribution in [3.8, 4) is 5.75 Å². The third-order valence-corrected chi connectivity index (χ3v) is 3.75. The summed E-state index contributed by atoms with van der Waals surface area (Å²) in [5.74, 6) is 1.09. The van der Waals surface area contributed by atoms with Gasteiger partial charge in [0.2, 0.25) is 0 Å². The summed E-state index contributed by atoms with van der Waals surface area (Å²) in [6.45, 7) is 6.60. The van der Waals surface area contributed by atoms with Gasteiger partial charge in [-0.15, -0.1) is 0 Å². The lowest BCUT2D eigenvalue weighted by Crippen LogP contribution is -2.11. The Balaban J connectivity index is 2.24. The molecule has 0 aliphatic carbocycles. The highest BCUT2D eigenvalue weighted by Crippen LogP contribution is 2.28. The van der Waals surface area contributed by atoms with Gasteiger partial charge in [0.25, 0.3) is 0 Å². The molecule has 0 fully saturated rings. The number of aromatic hydroxyl groups is 1. The zero-order chi connectivity index (χ0) is 15.6. The molecule has 2 rings (SSSR count). The third-order valence-electron chi connectivity index (χ3n) is 3.53. The molecule has 0 spiro atoms. The highest BCUT2D eigenvalue weighted by Gasteiger charge is 2.12.